The molecule has 0 fully saturated rings. The van der Waals surface area contributed by atoms with Gasteiger partial charge in [0.1, 0.15) is 19.8 Å². The van der Waals surface area contributed by atoms with Crippen LogP contribution in [-0.4, -0.2) is 56.1 Å². The zero-order chi connectivity index (χ0) is 24.6. The minimum atomic E-state index is -4.62. The summed E-state index contributed by atoms with van der Waals surface area (Å²) in [5.41, 5.74) is 0. The van der Waals surface area contributed by atoms with Gasteiger partial charge in [0.05, 0.1) is 25.6 Å². The van der Waals surface area contributed by atoms with Crippen LogP contribution in [-0.2, 0) is 42.2 Å². The van der Waals surface area contributed by atoms with Gasteiger partial charge in [0.2, 0.25) is 0 Å². The zero-order valence-corrected chi connectivity index (χ0v) is 19.3. The summed E-state index contributed by atoms with van der Waals surface area (Å²) in [4.78, 5) is 38.7. The van der Waals surface area contributed by atoms with Crippen molar-refractivity contribution >= 4 is 25.5 Å². The Labute approximate surface area is 188 Å². The second-order valence-corrected chi connectivity index (χ2v) is 8.58. The van der Waals surface area contributed by atoms with E-state index >= 15 is 0 Å². The van der Waals surface area contributed by atoms with E-state index in [0.29, 0.717) is 0 Å². The van der Waals surface area contributed by atoms with E-state index in [-0.39, 0.29) is 33.0 Å². The van der Waals surface area contributed by atoms with Gasteiger partial charge < -0.3 is 23.3 Å². The topological polar surface area (TPSA) is 114 Å². The fourth-order valence-corrected chi connectivity index (χ4v) is 4.89. The van der Waals surface area contributed by atoms with Crippen LogP contribution >= 0.6 is 7.60 Å². The molecule has 0 amide bonds. The molecular formula is C22H31O9P. The Hall–Kier alpha value is -2.74. The molecule has 10 heteroatoms. The second kappa shape index (κ2) is 15.1. The summed E-state index contributed by atoms with van der Waals surface area (Å²) in [6, 6.07) is 0. The van der Waals surface area contributed by atoms with E-state index in [1.807, 2.05) is 0 Å². The molecule has 0 saturated carbocycles. The van der Waals surface area contributed by atoms with Gasteiger partial charge in [0.15, 0.2) is 5.16 Å². The van der Waals surface area contributed by atoms with Crippen molar-refractivity contribution in [3.05, 3.63) is 63.3 Å². The average molecular weight is 470 g/mol. The molecule has 32 heavy (non-hydrogen) atoms. The van der Waals surface area contributed by atoms with Gasteiger partial charge in [0.25, 0.3) is 0 Å². The summed E-state index contributed by atoms with van der Waals surface area (Å²) in [5.74, 6) is -4.63. The number of hydrogen-bond acceptors (Lipinski definition) is 9. The monoisotopic (exact) mass is 470 g/mol. The van der Waals surface area contributed by atoms with E-state index in [1.54, 1.807) is 0 Å². The largest absolute Gasteiger partial charge is 0.461 e. The lowest BCUT2D eigenvalue weighted by molar-refractivity contribution is -0.161. The van der Waals surface area contributed by atoms with E-state index in [9.17, 15) is 18.9 Å². The molecule has 0 aromatic carbocycles. The zero-order valence-electron chi connectivity index (χ0n) is 18.4. The van der Waals surface area contributed by atoms with E-state index in [0.717, 1.165) is 0 Å². The molecule has 0 aromatic heterocycles. The third-order valence-corrected chi connectivity index (χ3v) is 6.77. The van der Waals surface area contributed by atoms with Crippen LogP contribution in [0.4, 0.5) is 0 Å². The van der Waals surface area contributed by atoms with Crippen molar-refractivity contribution in [3.8, 4) is 0 Å². The van der Waals surface area contributed by atoms with E-state index in [1.165, 1.54) is 37.3 Å². The number of carbonyl (C=O) groups excluding carboxylic acids is 3. The fourth-order valence-electron chi connectivity index (χ4n) is 2.56. The third kappa shape index (κ3) is 7.75. The van der Waals surface area contributed by atoms with Crippen molar-refractivity contribution in [1.29, 1.82) is 0 Å². The molecule has 0 aliphatic carbocycles. The second-order valence-electron chi connectivity index (χ2n) is 6.27. The molecular weight excluding hydrogens is 439 g/mol. The van der Waals surface area contributed by atoms with Crippen LogP contribution in [0, 0.1) is 5.92 Å². The lowest BCUT2D eigenvalue weighted by Crippen LogP contribution is -2.51. The molecule has 178 valence electrons. The lowest BCUT2D eigenvalue weighted by atomic mass is 9.89. The summed E-state index contributed by atoms with van der Waals surface area (Å²) < 4.78 is 40.1. The van der Waals surface area contributed by atoms with Gasteiger partial charge in [-0.3, -0.25) is 18.9 Å². The molecule has 9 nitrogen and oxygen atoms in total. The first kappa shape index (κ1) is 29.3. The van der Waals surface area contributed by atoms with Crippen molar-refractivity contribution in [2.24, 2.45) is 5.92 Å². The molecule has 0 radical (unpaired) electrons. The van der Waals surface area contributed by atoms with Crippen LogP contribution in [0.2, 0.25) is 0 Å². The van der Waals surface area contributed by atoms with Gasteiger partial charge >= 0.3 is 25.5 Å². The lowest BCUT2D eigenvalue weighted by Gasteiger charge is -2.38. The smallest absolute Gasteiger partial charge is 0.350 e. The molecule has 2 atom stereocenters. The van der Waals surface area contributed by atoms with E-state index in [2.05, 4.69) is 32.9 Å². The maximum Gasteiger partial charge on any atom is 0.350 e. The molecule has 0 aliphatic rings. The SMILES string of the molecule is C=CCOC(=O)CC(C(=O)OCC=C)(C(C)C(=O)OCC=C)P(=O)(OCC=C)OCC=C. The Morgan fingerprint density at radius 3 is 1.69 bits per heavy atom. The highest BCUT2D eigenvalue weighted by Gasteiger charge is 2.65. The Kier molecular flexibility index (Phi) is 13.8. The van der Waals surface area contributed by atoms with Crippen molar-refractivity contribution in [1.82, 2.24) is 0 Å². The minimum absolute atomic E-state index is 0.183. The average Bonchev–Trinajstić information content (AvgIpc) is 2.79. The van der Waals surface area contributed by atoms with Gasteiger partial charge in [-0.25, -0.2) is 0 Å². The van der Waals surface area contributed by atoms with Crippen LogP contribution in [0.15, 0.2) is 63.3 Å². The number of esters is 3. The van der Waals surface area contributed by atoms with Crippen LogP contribution < -0.4 is 0 Å². The molecule has 0 aliphatic heterocycles. The highest BCUT2D eigenvalue weighted by atomic mass is 31.2. The molecule has 0 rings (SSSR count). The van der Waals surface area contributed by atoms with Gasteiger partial charge in [-0.1, -0.05) is 57.0 Å². The summed E-state index contributed by atoms with van der Waals surface area (Å²) in [6.07, 6.45) is 5.54. The molecule has 0 heterocycles. The highest BCUT2D eigenvalue weighted by Crippen LogP contribution is 2.65. The van der Waals surface area contributed by atoms with Gasteiger partial charge in [-0.15, -0.1) is 13.2 Å². The van der Waals surface area contributed by atoms with Crippen molar-refractivity contribution in [2.75, 3.05) is 33.0 Å². The fraction of sp³-hybridized carbons (Fsp3) is 0.409. The Bertz CT molecular complexity index is 743. The van der Waals surface area contributed by atoms with Crippen LogP contribution in [0.25, 0.3) is 0 Å². The molecule has 2 unspecified atom stereocenters. The Morgan fingerprint density at radius 1 is 0.781 bits per heavy atom. The first-order valence-electron chi connectivity index (χ1n) is 9.63. The van der Waals surface area contributed by atoms with E-state index in [4.69, 9.17) is 23.3 Å². The summed E-state index contributed by atoms with van der Waals surface area (Å²) in [5, 5.41) is -2.45. The summed E-state index contributed by atoms with van der Waals surface area (Å²) in [7, 11) is -4.62. The highest BCUT2D eigenvalue weighted by molar-refractivity contribution is 7.57. The van der Waals surface area contributed by atoms with Crippen molar-refractivity contribution in [2.45, 2.75) is 18.5 Å². The minimum Gasteiger partial charge on any atom is -0.461 e. The normalized spacial score (nSPS) is 13.5. The Balaban J connectivity index is 6.83. The quantitative estimate of drug-likeness (QED) is 0.128. The third-order valence-electron chi connectivity index (χ3n) is 4.09. The molecule has 0 spiro atoms. The molecule has 0 N–H and O–H groups in total. The summed E-state index contributed by atoms with van der Waals surface area (Å²) >= 11 is 0. The number of ether oxygens (including phenoxy) is 3. The van der Waals surface area contributed by atoms with Crippen molar-refractivity contribution < 1.29 is 42.2 Å². The van der Waals surface area contributed by atoms with E-state index < -0.39 is 43.0 Å². The maximum atomic E-state index is 14.1. The predicted molar refractivity (Wildman–Crippen MR) is 120 cm³/mol. The molecule has 0 aromatic rings. The molecule has 0 bridgehead atoms. The summed E-state index contributed by atoms with van der Waals surface area (Å²) in [6.45, 7) is 17.3. The predicted octanol–water partition coefficient (Wildman–Crippen LogP) is 3.54. The van der Waals surface area contributed by atoms with Gasteiger partial charge in [-0.05, 0) is 0 Å². The number of carbonyl (C=O) groups is 3. The van der Waals surface area contributed by atoms with Gasteiger partial charge in [0, 0.05) is 0 Å². The van der Waals surface area contributed by atoms with Crippen LogP contribution in [0.5, 0.6) is 0 Å². The Morgan fingerprint density at radius 2 is 1.22 bits per heavy atom. The number of rotatable bonds is 18. The van der Waals surface area contributed by atoms with Crippen molar-refractivity contribution in [3.63, 3.8) is 0 Å². The number of hydrogen-bond donors (Lipinski definition) is 0. The first-order chi connectivity index (χ1) is 15.2. The first-order valence-corrected chi connectivity index (χ1v) is 11.2. The van der Waals surface area contributed by atoms with Crippen LogP contribution in [0.1, 0.15) is 13.3 Å². The maximum absolute atomic E-state index is 14.1. The van der Waals surface area contributed by atoms with Gasteiger partial charge in [-0.2, -0.15) is 0 Å². The van der Waals surface area contributed by atoms with Crippen LogP contribution in [0.3, 0.4) is 0 Å². The standard InChI is InChI=1S/C22H31O9P/c1-7-12-27-19(23)17-22(21(25)29-14-9-3,18(6)20(24)28-13-8-2)32(26,30-15-10-4)31-16-11-5/h7-11,18H,1-5,12-17H2,6H3. The molecule has 0 saturated heterocycles.